The van der Waals surface area contributed by atoms with Gasteiger partial charge < -0.3 is 4.42 Å². The first kappa shape index (κ1) is 19.3. The number of hydrogen-bond acceptors (Lipinski definition) is 6. The molecule has 3 heterocycles. The molecule has 3 aromatic heterocycles. The lowest BCUT2D eigenvalue weighted by molar-refractivity contribution is 0.536. The third kappa shape index (κ3) is 3.75. The summed E-state index contributed by atoms with van der Waals surface area (Å²) in [6, 6.07) is 20.8. The Morgan fingerprint density at radius 3 is 2.58 bits per heavy atom. The summed E-state index contributed by atoms with van der Waals surface area (Å²) in [5.74, 6) is 1.84. The van der Waals surface area contributed by atoms with Gasteiger partial charge in [0, 0.05) is 11.8 Å². The van der Waals surface area contributed by atoms with Crippen molar-refractivity contribution in [1.82, 2.24) is 19.5 Å². The molecule has 0 aliphatic heterocycles. The Kier molecular flexibility index (Phi) is 5.09. The molecule has 152 valence electrons. The van der Waals surface area contributed by atoms with E-state index in [-0.39, 0.29) is 5.56 Å². The van der Waals surface area contributed by atoms with Crippen molar-refractivity contribution in [2.75, 3.05) is 0 Å². The fraction of sp³-hybridized carbons (Fsp3) is 0.0833. The standard InChI is InChI=1S/C24H18N4O2S/c1-16-21(30-22(26-16)17-8-3-2-4-9-17)15-31-24-27-20-12-6-5-11-19(20)23(29)28(24)18-10-7-13-25-14-18/h2-14H,15H2,1H3. The molecule has 0 spiro atoms. The molecule has 0 N–H and O–H groups in total. The molecule has 0 saturated carbocycles. The van der Waals surface area contributed by atoms with Crippen LogP contribution in [0.3, 0.4) is 0 Å². The van der Waals surface area contributed by atoms with Crippen LogP contribution in [-0.4, -0.2) is 19.5 Å². The molecule has 0 atom stereocenters. The van der Waals surface area contributed by atoms with Crippen LogP contribution in [0.25, 0.3) is 28.0 Å². The van der Waals surface area contributed by atoms with E-state index < -0.39 is 0 Å². The van der Waals surface area contributed by atoms with Crippen LogP contribution in [0.4, 0.5) is 0 Å². The molecule has 0 aliphatic carbocycles. The molecular formula is C24H18N4O2S. The Bertz CT molecular complexity index is 1410. The summed E-state index contributed by atoms with van der Waals surface area (Å²) in [5.41, 5.74) is 2.96. The van der Waals surface area contributed by atoms with Crippen LogP contribution in [-0.2, 0) is 5.75 Å². The van der Waals surface area contributed by atoms with E-state index in [1.807, 2.05) is 61.5 Å². The summed E-state index contributed by atoms with van der Waals surface area (Å²) in [6.45, 7) is 1.92. The van der Waals surface area contributed by atoms with Gasteiger partial charge in [-0.05, 0) is 43.3 Å². The number of benzene rings is 2. The Labute approximate surface area is 182 Å². The van der Waals surface area contributed by atoms with Crippen LogP contribution >= 0.6 is 11.8 Å². The molecule has 0 fully saturated rings. The van der Waals surface area contributed by atoms with Crippen molar-refractivity contribution in [3.05, 3.63) is 101 Å². The summed E-state index contributed by atoms with van der Waals surface area (Å²) < 4.78 is 7.63. The molecule has 5 rings (SSSR count). The van der Waals surface area contributed by atoms with Gasteiger partial charge >= 0.3 is 0 Å². The lowest BCUT2D eigenvalue weighted by Gasteiger charge is -2.12. The van der Waals surface area contributed by atoms with Gasteiger partial charge in [-0.2, -0.15) is 0 Å². The Hall–Kier alpha value is -3.71. The average Bonchev–Trinajstić information content (AvgIpc) is 3.19. The molecule has 0 saturated heterocycles. The fourth-order valence-corrected chi connectivity index (χ4v) is 4.33. The van der Waals surface area contributed by atoms with Gasteiger partial charge in [-0.1, -0.05) is 42.1 Å². The monoisotopic (exact) mass is 426 g/mol. The first-order chi connectivity index (χ1) is 15.2. The van der Waals surface area contributed by atoms with Crippen LogP contribution in [0.1, 0.15) is 11.5 Å². The molecule has 5 aromatic rings. The van der Waals surface area contributed by atoms with E-state index in [2.05, 4.69) is 9.97 Å². The molecule has 2 aromatic carbocycles. The number of aryl methyl sites for hydroxylation is 1. The first-order valence-electron chi connectivity index (χ1n) is 9.77. The number of nitrogens with zero attached hydrogens (tertiary/aromatic N) is 4. The minimum Gasteiger partial charge on any atom is -0.440 e. The number of rotatable bonds is 5. The predicted molar refractivity (Wildman–Crippen MR) is 121 cm³/mol. The lowest BCUT2D eigenvalue weighted by atomic mass is 10.2. The molecule has 0 radical (unpaired) electrons. The number of pyridine rings is 1. The maximum Gasteiger partial charge on any atom is 0.266 e. The molecule has 0 unspecified atom stereocenters. The fourth-order valence-electron chi connectivity index (χ4n) is 3.32. The van der Waals surface area contributed by atoms with E-state index in [0.717, 1.165) is 17.0 Å². The molecular weight excluding hydrogens is 408 g/mol. The molecule has 7 heteroatoms. The number of fused-ring (bicyclic) bond motifs is 1. The molecule has 0 aliphatic rings. The number of hydrogen-bond donors (Lipinski definition) is 0. The summed E-state index contributed by atoms with van der Waals surface area (Å²) in [5, 5.41) is 1.15. The van der Waals surface area contributed by atoms with E-state index in [1.54, 1.807) is 29.1 Å². The summed E-state index contributed by atoms with van der Waals surface area (Å²) in [4.78, 5) is 26.8. The van der Waals surface area contributed by atoms with Gasteiger partial charge in [-0.25, -0.2) is 9.97 Å². The van der Waals surface area contributed by atoms with E-state index in [0.29, 0.717) is 33.4 Å². The van der Waals surface area contributed by atoms with Crippen molar-refractivity contribution in [2.45, 2.75) is 17.8 Å². The van der Waals surface area contributed by atoms with Gasteiger partial charge in [-0.3, -0.25) is 14.3 Å². The van der Waals surface area contributed by atoms with Crippen LogP contribution in [0.2, 0.25) is 0 Å². The normalized spacial score (nSPS) is 11.1. The summed E-state index contributed by atoms with van der Waals surface area (Å²) >= 11 is 1.44. The third-order valence-electron chi connectivity index (χ3n) is 4.89. The van der Waals surface area contributed by atoms with Crippen molar-refractivity contribution in [2.24, 2.45) is 0 Å². The molecule has 6 nitrogen and oxygen atoms in total. The zero-order chi connectivity index (χ0) is 21.2. The molecule has 0 amide bonds. The van der Waals surface area contributed by atoms with Crippen molar-refractivity contribution in [3.8, 4) is 17.1 Å². The number of aromatic nitrogens is 4. The smallest absolute Gasteiger partial charge is 0.266 e. The summed E-state index contributed by atoms with van der Waals surface area (Å²) in [6.07, 6.45) is 3.34. The van der Waals surface area contributed by atoms with Crippen molar-refractivity contribution < 1.29 is 4.42 Å². The van der Waals surface area contributed by atoms with Crippen LogP contribution in [0, 0.1) is 6.92 Å². The van der Waals surface area contributed by atoms with Crippen LogP contribution in [0.15, 0.2) is 93.5 Å². The number of thioether (sulfide) groups is 1. The van der Waals surface area contributed by atoms with E-state index >= 15 is 0 Å². The van der Waals surface area contributed by atoms with Crippen LogP contribution < -0.4 is 5.56 Å². The maximum atomic E-state index is 13.3. The van der Waals surface area contributed by atoms with Crippen molar-refractivity contribution in [3.63, 3.8) is 0 Å². The topological polar surface area (TPSA) is 73.8 Å². The van der Waals surface area contributed by atoms with Gasteiger partial charge in [0.05, 0.1) is 34.2 Å². The van der Waals surface area contributed by atoms with Gasteiger partial charge in [-0.15, -0.1) is 0 Å². The lowest BCUT2D eigenvalue weighted by Crippen LogP contribution is -2.21. The first-order valence-corrected chi connectivity index (χ1v) is 10.8. The quantitative estimate of drug-likeness (QED) is 0.290. The predicted octanol–water partition coefficient (Wildman–Crippen LogP) is 5.04. The van der Waals surface area contributed by atoms with Gasteiger partial charge in [0.2, 0.25) is 5.89 Å². The minimum absolute atomic E-state index is 0.125. The highest BCUT2D eigenvalue weighted by molar-refractivity contribution is 7.98. The highest BCUT2D eigenvalue weighted by Crippen LogP contribution is 2.28. The zero-order valence-corrected chi connectivity index (χ0v) is 17.5. The Morgan fingerprint density at radius 1 is 0.968 bits per heavy atom. The van der Waals surface area contributed by atoms with Crippen LogP contribution in [0.5, 0.6) is 0 Å². The molecule has 0 bridgehead atoms. The second kappa shape index (κ2) is 8.20. The van der Waals surface area contributed by atoms with Gasteiger partial charge in [0.25, 0.3) is 5.56 Å². The largest absolute Gasteiger partial charge is 0.440 e. The van der Waals surface area contributed by atoms with Crippen molar-refractivity contribution >= 4 is 22.7 Å². The minimum atomic E-state index is -0.125. The molecule has 31 heavy (non-hydrogen) atoms. The van der Waals surface area contributed by atoms with E-state index in [9.17, 15) is 4.79 Å². The Balaban J connectivity index is 1.54. The third-order valence-corrected chi connectivity index (χ3v) is 5.83. The average molecular weight is 427 g/mol. The second-order valence-corrected chi connectivity index (χ2v) is 7.89. The maximum absolute atomic E-state index is 13.3. The highest BCUT2D eigenvalue weighted by atomic mass is 32.2. The number of para-hydroxylation sites is 1. The second-order valence-electron chi connectivity index (χ2n) is 6.95. The Morgan fingerprint density at radius 2 is 1.77 bits per heavy atom. The highest BCUT2D eigenvalue weighted by Gasteiger charge is 2.16. The number of oxazole rings is 1. The summed E-state index contributed by atoms with van der Waals surface area (Å²) in [7, 11) is 0. The van der Waals surface area contributed by atoms with Crippen molar-refractivity contribution in [1.29, 1.82) is 0 Å². The zero-order valence-electron chi connectivity index (χ0n) is 16.7. The van der Waals surface area contributed by atoms with E-state index in [4.69, 9.17) is 9.40 Å². The van der Waals surface area contributed by atoms with Gasteiger partial charge in [0.15, 0.2) is 5.16 Å². The van der Waals surface area contributed by atoms with E-state index in [1.165, 1.54) is 11.8 Å². The van der Waals surface area contributed by atoms with Gasteiger partial charge in [0.1, 0.15) is 5.76 Å². The SMILES string of the molecule is Cc1nc(-c2ccccc2)oc1CSc1nc2ccccc2c(=O)n1-c1cccnc1.